The fraction of sp³-hybridized carbons (Fsp3) is 0.379. The first-order valence-electron chi connectivity index (χ1n) is 12.6. The molecule has 10 nitrogen and oxygen atoms in total. The van der Waals surface area contributed by atoms with Gasteiger partial charge in [-0.3, -0.25) is 19.2 Å². The number of halogens is 1. The molecule has 11 heteroatoms. The first-order chi connectivity index (χ1) is 19.0. The SMILES string of the molecule is CCOc1ccc(Cc2cc(C3=C(OC(C)=O)[C@@H](OC(C)=O)[C@H](OC(C)=O)[C@@H](COC(C)=O)O3)ccc2Cl)cc1. The molecule has 0 amide bonds. The van der Waals surface area contributed by atoms with Crippen molar-refractivity contribution in [2.24, 2.45) is 0 Å². The van der Waals surface area contributed by atoms with Crippen molar-refractivity contribution in [1.29, 1.82) is 0 Å². The standard InChI is InChI=1S/C29H31ClO10/c1-6-35-23-10-7-20(8-11-23)13-22-14-21(9-12-24(22)30)26-28(38-18(4)33)29(39-19(5)34)27(37-17(3)32)25(40-26)15-36-16(2)31/h7-12,14,25,27,29H,6,13,15H2,1-5H3/t25-,27-,29+/m1/s1. The average Bonchev–Trinajstić information content (AvgIpc) is 2.87. The molecule has 0 fully saturated rings. The van der Waals surface area contributed by atoms with E-state index in [9.17, 15) is 19.2 Å². The van der Waals surface area contributed by atoms with Crippen LogP contribution in [0.25, 0.3) is 5.76 Å². The van der Waals surface area contributed by atoms with Gasteiger partial charge in [-0.25, -0.2) is 0 Å². The highest BCUT2D eigenvalue weighted by molar-refractivity contribution is 6.31. The lowest BCUT2D eigenvalue weighted by atomic mass is 9.96. The number of hydrogen-bond donors (Lipinski definition) is 0. The Balaban J connectivity index is 2.11. The average molecular weight is 575 g/mol. The van der Waals surface area contributed by atoms with Gasteiger partial charge in [-0.2, -0.15) is 0 Å². The van der Waals surface area contributed by atoms with Gasteiger partial charge < -0.3 is 28.4 Å². The number of benzene rings is 2. The summed E-state index contributed by atoms with van der Waals surface area (Å²) in [4.78, 5) is 47.7. The zero-order valence-electron chi connectivity index (χ0n) is 22.9. The van der Waals surface area contributed by atoms with E-state index in [1.807, 2.05) is 31.2 Å². The van der Waals surface area contributed by atoms with Gasteiger partial charge in [0.2, 0.25) is 6.10 Å². The number of ether oxygens (including phenoxy) is 6. The summed E-state index contributed by atoms with van der Waals surface area (Å²) in [5.41, 5.74) is 2.12. The summed E-state index contributed by atoms with van der Waals surface area (Å²) in [6.45, 7) is 6.81. The summed E-state index contributed by atoms with van der Waals surface area (Å²) in [5.74, 6) is -2.17. The van der Waals surface area contributed by atoms with E-state index in [1.54, 1.807) is 18.2 Å². The molecule has 2 aromatic carbocycles. The van der Waals surface area contributed by atoms with Crippen LogP contribution in [0.5, 0.6) is 5.75 Å². The molecule has 0 aromatic heterocycles. The Morgan fingerprint density at radius 3 is 2.12 bits per heavy atom. The number of hydrogen-bond acceptors (Lipinski definition) is 10. The molecule has 0 saturated carbocycles. The summed E-state index contributed by atoms with van der Waals surface area (Å²) in [6, 6.07) is 12.6. The molecule has 3 rings (SSSR count). The lowest BCUT2D eigenvalue weighted by Gasteiger charge is -2.38. The van der Waals surface area contributed by atoms with E-state index >= 15 is 0 Å². The van der Waals surface area contributed by atoms with Crippen LogP contribution in [0.3, 0.4) is 0 Å². The van der Waals surface area contributed by atoms with Crippen molar-refractivity contribution in [2.75, 3.05) is 13.2 Å². The Hall–Kier alpha value is -4.05. The van der Waals surface area contributed by atoms with E-state index in [-0.39, 0.29) is 18.1 Å². The second kappa shape index (κ2) is 13.8. The van der Waals surface area contributed by atoms with Gasteiger partial charge in [0, 0.05) is 38.3 Å². The summed E-state index contributed by atoms with van der Waals surface area (Å²) < 4.78 is 33.1. The third-order valence-corrected chi connectivity index (χ3v) is 6.02. The zero-order valence-corrected chi connectivity index (χ0v) is 23.6. The number of carbonyl (C=O) groups excluding carboxylic acids is 4. The van der Waals surface area contributed by atoms with Crippen molar-refractivity contribution in [3.63, 3.8) is 0 Å². The minimum atomic E-state index is -1.38. The van der Waals surface area contributed by atoms with Crippen molar-refractivity contribution < 1.29 is 47.6 Å². The minimum absolute atomic E-state index is 0.0339. The molecule has 1 aliphatic heterocycles. The second-order valence-corrected chi connectivity index (χ2v) is 9.32. The van der Waals surface area contributed by atoms with Crippen LogP contribution in [-0.2, 0) is 49.3 Å². The fourth-order valence-corrected chi connectivity index (χ4v) is 4.30. The van der Waals surface area contributed by atoms with Crippen LogP contribution in [0.1, 0.15) is 51.3 Å². The van der Waals surface area contributed by atoms with Crippen LogP contribution in [0.15, 0.2) is 48.2 Å². The highest BCUT2D eigenvalue weighted by atomic mass is 35.5. The maximum absolute atomic E-state index is 12.1. The van der Waals surface area contributed by atoms with Crippen molar-refractivity contribution >= 4 is 41.2 Å². The largest absolute Gasteiger partial charge is 0.494 e. The summed E-state index contributed by atoms with van der Waals surface area (Å²) in [7, 11) is 0. The maximum Gasteiger partial charge on any atom is 0.307 e. The van der Waals surface area contributed by atoms with Crippen LogP contribution in [-0.4, -0.2) is 55.4 Å². The maximum atomic E-state index is 12.1. The molecule has 3 atom stereocenters. The van der Waals surface area contributed by atoms with Gasteiger partial charge in [0.1, 0.15) is 12.4 Å². The molecule has 0 radical (unpaired) electrons. The molecule has 1 heterocycles. The number of esters is 4. The summed E-state index contributed by atoms with van der Waals surface area (Å²) in [5, 5.41) is 0.480. The topological polar surface area (TPSA) is 124 Å². The van der Waals surface area contributed by atoms with Gasteiger partial charge in [0.15, 0.2) is 23.7 Å². The molecule has 0 bridgehead atoms. The third kappa shape index (κ3) is 8.22. The van der Waals surface area contributed by atoms with E-state index in [0.717, 1.165) is 30.7 Å². The monoisotopic (exact) mass is 574 g/mol. The summed E-state index contributed by atoms with van der Waals surface area (Å²) >= 11 is 6.53. The minimum Gasteiger partial charge on any atom is -0.494 e. The van der Waals surface area contributed by atoms with Crippen LogP contribution in [0, 0.1) is 0 Å². The van der Waals surface area contributed by atoms with Gasteiger partial charge in [-0.1, -0.05) is 23.7 Å². The van der Waals surface area contributed by atoms with Crippen molar-refractivity contribution in [1.82, 2.24) is 0 Å². The first-order valence-corrected chi connectivity index (χ1v) is 12.9. The second-order valence-electron chi connectivity index (χ2n) is 8.91. The Kier molecular flexibility index (Phi) is 10.6. The van der Waals surface area contributed by atoms with Gasteiger partial charge in [0.25, 0.3) is 0 Å². The predicted molar refractivity (Wildman–Crippen MR) is 143 cm³/mol. The Morgan fingerprint density at radius 1 is 0.875 bits per heavy atom. The van der Waals surface area contributed by atoms with Gasteiger partial charge >= 0.3 is 23.9 Å². The normalized spacial score (nSPS) is 18.3. The van der Waals surface area contributed by atoms with Gasteiger partial charge in [0.05, 0.1) is 6.61 Å². The molecule has 40 heavy (non-hydrogen) atoms. The van der Waals surface area contributed by atoms with Crippen LogP contribution >= 0.6 is 11.6 Å². The van der Waals surface area contributed by atoms with Crippen LogP contribution < -0.4 is 4.74 Å². The van der Waals surface area contributed by atoms with Crippen molar-refractivity contribution in [3.8, 4) is 5.75 Å². The van der Waals surface area contributed by atoms with Gasteiger partial charge in [-0.05, 0) is 54.8 Å². The molecule has 0 saturated heterocycles. The smallest absolute Gasteiger partial charge is 0.307 e. The highest BCUT2D eigenvalue weighted by Crippen LogP contribution is 2.37. The lowest BCUT2D eigenvalue weighted by molar-refractivity contribution is -0.184. The molecule has 1 aliphatic rings. The van der Waals surface area contributed by atoms with Gasteiger partial charge in [-0.15, -0.1) is 0 Å². The molecule has 0 aliphatic carbocycles. The Morgan fingerprint density at radius 2 is 1.55 bits per heavy atom. The molecular weight excluding hydrogens is 544 g/mol. The Bertz CT molecular complexity index is 1280. The quantitative estimate of drug-likeness (QED) is 0.298. The number of rotatable bonds is 10. The first kappa shape index (κ1) is 30.5. The van der Waals surface area contributed by atoms with E-state index in [2.05, 4.69) is 0 Å². The third-order valence-electron chi connectivity index (χ3n) is 5.65. The van der Waals surface area contributed by atoms with E-state index in [1.165, 1.54) is 13.8 Å². The molecule has 0 spiro atoms. The van der Waals surface area contributed by atoms with Crippen molar-refractivity contribution in [3.05, 3.63) is 69.9 Å². The molecular formula is C29H31ClO10. The van der Waals surface area contributed by atoms with E-state index < -0.39 is 42.2 Å². The van der Waals surface area contributed by atoms with E-state index in [0.29, 0.717) is 23.6 Å². The highest BCUT2D eigenvalue weighted by Gasteiger charge is 2.47. The van der Waals surface area contributed by atoms with Crippen molar-refractivity contribution in [2.45, 2.75) is 59.4 Å². The summed E-state index contributed by atoms with van der Waals surface area (Å²) in [6.07, 6.45) is -3.30. The number of carbonyl (C=O) groups is 4. The molecule has 214 valence electrons. The van der Waals surface area contributed by atoms with E-state index in [4.69, 9.17) is 40.0 Å². The van der Waals surface area contributed by atoms with Crippen LogP contribution in [0.4, 0.5) is 0 Å². The fourth-order valence-electron chi connectivity index (χ4n) is 4.12. The zero-order chi connectivity index (χ0) is 29.4. The predicted octanol–water partition coefficient (Wildman–Crippen LogP) is 4.39. The molecule has 2 aromatic rings. The molecule has 0 N–H and O–H groups in total. The van der Waals surface area contributed by atoms with Crippen LogP contribution in [0.2, 0.25) is 5.02 Å². The lowest BCUT2D eigenvalue weighted by Crippen LogP contribution is -2.51. The Labute approximate surface area is 237 Å². The molecule has 0 unspecified atom stereocenters.